The number of piperazine rings is 1. The molecule has 1 fully saturated rings. The molecule has 0 aliphatic carbocycles. The van der Waals surface area contributed by atoms with Crippen LogP contribution in [-0.2, 0) is 0 Å². The van der Waals surface area contributed by atoms with Crippen molar-refractivity contribution in [2.24, 2.45) is 0 Å². The molecule has 1 aromatic heterocycles. The molecule has 0 amide bonds. The number of halogens is 1. The van der Waals surface area contributed by atoms with Gasteiger partial charge in [-0.25, -0.2) is 4.98 Å². The Morgan fingerprint density at radius 2 is 2.09 bits per heavy atom. The van der Waals surface area contributed by atoms with Crippen LogP contribution in [0.1, 0.15) is 20.3 Å². The van der Waals surface area contributed by atoms with E-state index in [1.165, 1.54) is 0 Å². The number of hydrogen-bond acceptors (Lipinski definition) is 5. The van der Waals surface area contributed by atoms with E-state index in [0.717, 1.165) is 65.3 Å². The topological polar surface area (TPSA) is 64.2 Å². The number of rotatable bonds is 5. The molecular weight excluding hydrogens is 332 g/mol. The third-order valence-corrected chi connectivity index (χ3v) is 5.12. The van der Waals surface area contributed by atoms with Crippen LogP contribution in [0, 0.1) is 0 Å². The van der Waals surface area contributed by atoms with Crippen LogP contribution in [0.2, 0.25) is 5.02 Å². The summed E-state index contributed by atoms with van der Waals surface area (Å²) in [5, 5.41) is 14.8. The number of anilines is 1. The monoisotopic (exact) mass is 354 g/mol. The fourth-order valence-electron chi connectivity index (χ4n) is 2.61. The predicted molar refractivity (Wildman–Crippen MR) is 97.8 cm³/mol. The van der Waals surface area contributed by atoms with Crippen molar-refractivity contribution in [1.29, 1.82) is 0 Å². The molecule has 0 bridgehead atoms. The molecule has 126 valence electrons. The summed E-state index contributed by atoms with van der Waals surface area (Å²) in [7, 11) is 0. The highest BCUT2D eigenvalue weighted by Crippen LogP contribution is 2.32. The number of nitrogens with one attached hydrogen (secondary N) is 2. The van der Waals surface area contributed by atoms with E-state index >= 15 is 0 Å². The van der Waals surface area contributed by atoms with Gasteiger partial charge in [0.2, 0.25) is 0 Å². The summed E-state index contributed by atoms with van der Waals surface area (Å²) in [6.07, 6.45) is 0.724. The molecular formula is C16H23ClN4OS. The Morgan fingerprint density at radius 3 is 2.78 bits per heavy atom. The van der Waals surface area contributed by atoms with Crippen molar-refractivity contribution >= 4 is 40.1 Å². The van der Waals surface area contributed by atoms with E-state index in [2.05, 4.69) is 26.3 Å². The van der Waals surface area contributed by atoms with Crippen LogP contribution in [-0.4, -0.2) is 52.6 Å². The summed E-state index contributed by atoms with van der Waals surface area (Å²) in [6.45, 7) is 7.53. The van der Waals surface area contributed by atoms with E-state index in [-0.39, 0.29) is 0 Å². The first-order chi connectivity index (χ1) is 10.9. The fourth-order valence-corrected chi connectivity index (χ4v) is 4.03. The molecule has 3 rings (SSSR count). The Balaban J connectivity index is 1.77. The number of aromatic nitrogens is 2. The number of aliphatic hydroxyl groups is 1. The zero-order valence-electron chi connectivity index (χ0n) is 13.5. The summed E-state index contributed by atoms with van der Waals surface area (Å²) >= 11 is 8.09. The molecule has 1 aliphatic heterocycles. The van der Waals surface area contributed by atoms with Crippen LogP contribution in [0.3, 0.4) is 0 Å². The van der Waals surface area contributed by atoms with E-state index < -0.39 is 5.60 Å². The molecule has 7 heteroatoms. The standard InChI is InChI=1S/C16H23ClN4OS/c1-16(2,22)3-8-23-15-19-12-9-11(17)14(10-13(12)20-15)21-6-4-18-5-7-21/h9-10,18,22H,3-8H2,1-2H3,(H,19,20). The first kappa shape index (κ1) is 16.9. The van der Waals surface area contributed by atoms with Crippen molar-refractivity contribution in [2.75, 3.05) is 36.8 Å². The Kier molecular flexibility index (Phi) is 5.06. The zero-order chi connectivity index (χ0) is 16.4. The third kappa shape index (κ3) is 4.32. The Bertz CT molecular complexity index is 677. The fraction of sp³-hybridized carbons (Fsp3) is 0.562. The molecule has 2 heterocycles. The number of thioether (sulfide) groups is 1. The molecule has 0 atom stereocenters. The lowest BCUT2D eigenvalue weighted by molar-refractivity contribution is 0.0777. The zero-order valence-corrected chi connectivity index (χ0v) is 15.1. The summed E-state index contributed by atoms with van der Waals surface area (Å²) < 4.78 is 0. The number of hydrogen-bond donors (Lipinski definition) is 3. The number of fused-ring (bicyclic) bond motifs is 1. The lowest BCUT2D eigenvalue weighted by atomic mass is 10.1. The minimum Gasteiger partial charge on any atom is -0.390 e. The van der Waals surface area contributed by atoms with Gasteiger partial charge in [-0.2, -0.15) is 0 Å². The minimum atomic E-state index is -0.641. The van der Waals surface area contributed by atoms with Crippen LogP contribution in [0.4, 0.5) is 5.69 Å². The van der Waals surface area contributed by atoms with Gasteiger partial charge < -0.3 is 20.3 Å². The van der Waals surface area contributed by atoms with Gasteiger partial charge in [-0.15, -0.1) is 0 Å². The van der Waals surface area contributed by atoms with Crippen molar-refractivity contribution in [1.82, 2.24) is 15.3 Å². The van der Waals surface area contributed by atoms with Gasteiger partial charge in [0.15, 0.2) is 5.16 Å². The number of nitrogens with zero attached hydrogens (tertiary/aromatic N) is 2. The second kappa shape index (κ2) is 6.89. The number of benzene rings is 1. The Labute approximate surface area is 145 Å². The maximum absolute atomic E-state index is 9.78. The van der Waals surface area contributed by atoms with Crippen molar-refractivity contribution < 1.29 is 5.11 Å². The highest BCUT2D eigenvalue weighted by atomic mass is 35.5. The van der Waals surface area contributed by atoms with Crippen LogP contribution in [0.15, 0.2) is 17.3 Å². The maximum Gasteiger partial charge on any atom is 0.166 e. The first-order valence-corrected chi connectivity index (χ1v) is 9.29. The van der Waals surface area contributed by atoms with Crippen LogP contribution in [0.25, 0.3) is 11.0 Å². The van der Waals surface area contributed by atoms with Gasteiger partial charge in [-0.05, 0) is 32.4 Å². The summed E-state index contributed by atoms with van der Waals surface area (Å²) in [4.78, 5) is 10.3. The number of imidazole rings is 1. The van der Waals surface area contributed by atoms with Gasteiger partial charge >= 0.3 is 0 Å². The first-order valence-electron chi connectivity index (χ1n) is 7.92. The molecule has 23 heavy (non-hydrogen) atoms. The summed E-state index contributed by atoms with van der Waals surface area (Å²) in [5.74, 6) is 0.821. The highest BCUT2D eigenvalue weighted by molar-refractivity contribution is 7.99. The van der Waals surface area contributed by atoms with Gasteiger partial charge in [0.1, 0.15) is 0 Å². The molecule has 1 aromatic carbocycles. The van der Waals surface area contributed by atoms with Crippen molar-refractivity contribution in [3.05, 3.63) is 17.2 Å². The molecule has 1 aliphatic rings. The molecule has 3 N–H and O–H groups in total. The molecule has 0 radical (unpaired) electrons. The molecule has 2 aromatic rings. The van der Waals surface area contributed by atoms with Gasteiger partial charge in [0, 0.05) is 31.9 Å². The van der Waals surface area contributed by atoms with Crippen LogP contribution >= 0.6 is 23.4 Å². The maximum atomic E-state index is 9.78. The van der Waals surface area contributed by atoms with Crippen molar-refractivity contribution in [2.45, 2.75) is 31.0 Å². The van der Waals surface area contributed by atoms with E-state index in [4.69, 9.17) is 11.6 Å². The molecule has 0 saturated carbocycles. The molecule has 1 saturated heterocycles. The number of H-pyrrole nitrogens is 1. The number of aromatic amines is 1. The van der Waals surface area contributed by atoms with E-state index in [1.54, 1.807) is 11.8 Å². The lowest BCUT2D eigenvalue weighted by Gasteiger charge is -2.30. The quantitative estimate of drug-likeness (QED) is 0.720. The molecule has 0 unspecified atom stereocenters. The second-order valence-electron chi connectivity index (χ2n) is 6.51. The average Bonchev–Trinajstić information content (AvgIpc) is 2.87. The lowest BCUT2D eigenvalue weighted by Crippen LogP contribution is -2.43. The predicted octanol–water partition coefficient (Wildman–Crippen LogP) is 2.88. The van der Waals surface area contributed by atoms with Gasteiger partial charge in [0.05, 0.1) is 27.3 Å². The summed E-state index contributed by atoms with van der Waals surface area (Å²) in [5.41, 5.74) is 2.31. The third-order valence-electron chi connectivity index (χ3n) is 3.94. The Hall–Kier alpha value is -0.950. The van der Waals surface area contributed by atoms with E-state index in [0.29, 0.717) is 0 Å². The molecule has 5 nitrogen and oxygen atoms in total. The van der Waals surface area contributed by atoms with Gasteiger partial charge in [-0.3, -0.25) is 0 Å². The van der Waals surface area contributed by atoms with Gasteiger partial charge in [0.25, 0.3) is 0 Å². The smallest absolute Gasteiger partial charge is 0.166 e. The largest absolute Gasteiger partial charge is 0.390 e. The molecule has 0 spiro atoms. The normalized spacial score (nSPS) is 16.3. The van der Waals surface area contributed by atoms with E-state index in [9.17, 15) is 5.11 Å². The van der Waals surface area contributed by atoms with Crippen LogP contribution in [0.5, 0.6) is 0 Å². The summed E-state index contributed by atoms with van der Waals surface area (Å²) in [6, 6.07) is 4.03. The van der Waals surface area contributed by atoms with Crippen LogP contribution < -0.4 is 10.2 Å². The average molecular weight is 355 g/mol. The minimum absolute atomic E-state index is 0.641. The van der Waals surface area contributed by atoms with Gasteiger partial charge in [-0.1, -0.05) is 23.4 Å². The van der Waals surface area contributed by atoms with E-state index in [1.807, 2.05) is 19.9 Å². The highest BCUT2D eigenvalue weighted by Gasteiger charge is 2.17. The van der Waals surface area contributed by atoms with Crippen molar-refractivity contribution in [3.8, 4) is 0 Å². The Morgan fingerprint density at radius 1 is 1.35 bits per heavy atom. The SMILES string of the molecule is CC(C)(O)CCSc1nc2cc(N3CCNCC3)c(Cl)cc2[nH]1. The van der Waals surface area contributed by atoms with Crippen molar-refractivity contribution in [3.63, 3.8) is 0 Å². The second-order valence-corrected chi connectivity index (χ2v) is 8.00.